The molecule has 0 radical (unpaired) electrons. The minimum atomic E-state index is -0.0155. The van der Waals surface area contributed by atoms with E-state index in [-0.39, 0.29) is 11.8 Å². The van der Waals surface area contributed by atoms with Gasteiger partial charge in [0.05, 0.1) is 6.42 Å². The maximum Gasteiger partial charge on any atom is 0.224 e. The lowest BCUT2D eigenvalue weighted by atomic mass is 9.97. The van der Waals surface area contributed by atoms with Gasteiger partial charge in [-0.15, -0.1) is 0 Å². The zero-order valence-corrected chi connectivity index (χ0v) is 16.1. The Bertz CT molecular complexity index is 822. The van der Waals surface area contributed by atoms with E-state index in [0.717, 1.165) is 35.9 Å². The van der Waals surface area contributed by atoms with Crippen molar-refractivity contribution in [2.45, 2.75) is 45.4 Å². The topological polar surface area (TPSA) is 65.2 Å². The molecule has 1 aromatic heterocycles. The average molecular weight is 367 g/mol. The lowest BCUT2D eigenvalue weighted by Crippen LogP contribution is -2.38. The van der Waals surface area contributed by atoms with E-state index in [2.05, 4.69) is 16.4 Å². The third-order valence-corrected chi connectivity index (χ3v) is 5.26. The minimum absolute atomic E-state index is 0.0155. The van der Waals surface area contributed by atoms with Crippen LogP contribution in [-0.4, -0.2) is 41.3 Å². The summed E-state index contributed by atoms with van der Waals surface area (Å²) in [5, 5.41) is 4.03. The molecule has 1 heterocycles. The lowest BCUT2D eigenvalue weighted by molar-refractivity contribution is -0.129. The molecular formula is C22H29N3O2. The van der Waals surface area contributed by atoms with Crippen molar-refractivity contribution >= 4 is 22.7 Å². The molecule has 0 bridgehead atoms. The third-order valence-electron chi connectivity index (χ3n) is 5.26. The van der Waals surface area contributed by atoms with Gasteiger partial charge in [-0.05, 0) is 43.7 Å². The number of hydrogen-bond acceptors (Lipinski definition) is 2. The number of benzene rings is 1. The van der Waals surface area contributed by atoms with Crippen molar-refractivity contribution in [1.29, 1.82) is 0 Å². The molecule has 2 N–H and O–H groups in total. The van der Waals surface area contributed by atoms with Crippen LogP contribution in [0.25, 0.3) is 10.9 Å². The Morgan fingerprint density at radius 3 is 2.81 bits per heavy atom. The van der Waals surface area contributed by atoms with Gasteiger partial charge in [0, 0.05) is 43.7 Å². The zero-order chi connectivity index (χ0) is 19.1. The molecule has 1 aliphatic rings. The fraction of sp³-hybridized carbons (Fsp3) is 0.455. The van der Waals surface area contributed by atoms with E-state index in [1.807, 2.05) is 35.4 Å². The number of para-hydroxylation sites is 1. The Morgan fingerprint density at radius 2 is 2.04 bits per heavy atom. The van der Waals surface area contributed by atoms with E-state index in [1.165, 1.54) is 24.8 Å². The number of allylic oxidation sites excluding steroid dienone is 1. The van der Waals surface area contributed by atoms with E-state index >= 15 is 0 Å². The quantitative estimate of drug-likeness (QED) is 0.701. The summed E-state index contributed by atoms with van der Waals surface area (Å²) in [7, 11) is 0. The molecule has 2 aromatic rings. The van der Waals surface area contributed by atoms with Gasteiger partial charge in [-0.2, -0.15) is 0 Å². The molecule has 0 saturated carbocycles. The fourth-order valence-corrected chi connectivity index (χ4v) is 3.68. The van der Waals surface area contributed by atoms with Crippen LogP contribution in [0.1, 0.15) is 44.6 Å². The first-order valence-corrected chi connectivity index (χ1v) is 9.88. The van der Waals surface area contributed by atoms with Crippen molar-refractivity contribution in [3.8, 4) is 0 Å². The Kier molecular flexibility index (Phi) is 6.69. The van der Waals surface area contributed by atoms with E-state index < -0.39 is 0 Å². The predicted octanol–water partition coefficient (Wildman–Crippen LogP) is 3.57. The first kappa shape index (κ1) is 19.2. The van der Waals surface area contributed by atoms with Crippen molar-refractivity contribution < 1.29 is 9.59 Å². The van der Waals surface area contributed by atoms with Gasteiger partial charge in [0.25, 0.3) is 0 Å². The van der Waals surface area contributed by atoms with Crippen LogP contribution in [-0.2, 0) is 16.0 Å². The summed E-state index contributed by atoms with van der Waals surface area (Å²) < 4.78 is 0. The first-order valence-electron chi connectivity index (χ1n) is 9.88. The number of fused-ring (bicyclic) bond motifs is 1. The summed E-state index contributed by atoms with van der Waals surface area (Å²) >= 11 is 0. The van der Waals surface area contributed by atoms with Crippen LogP contribution in [0.5, 0.6) is 0 Å². The largest absolute Gasteiger partial charge is 0.361 e. The number of rotatable bonds is 8. The molecule has 0 atom stereocenters. The molecule has 0 saturated heterocycles. The number of amides is 2. The van der Waals surface area contributed by atoms with E-state index in [9.17, 15) is 9.59 Å². The maximum absolute atomic E-state index is 12.3. The number of hydrogen-bond donors (Lipinski definition) is 2. The molecule has 0 spiro atoms. The highest BCUT2D eigenvalue weighted by molar-refractivity contribution is 5.88. The van der Waals surface area contributed by atoms with Gasteiger partial charge in [0.15, 0.2) is 0 Å². The number of carbonyl (C=O) groups is 2. The van der Waals surface area contributed by atoms with Crippen LogP contribution in [0.3, 0.4) is 0 Å². The molecule has 0 unspecified atom stereocenters. The second kappa shape index (κ2) is 9.40. The molecule has 5 heteroatoms. The van der Waals surface area contributed by atoms with Crippen molar-refractivity contribution in [1.82, 2.24) is 15.2 Å². The van der Waals surface area contributed by atoms with Crippen LogP contribution in [0.2, 0.25) is 0 Å². The Balaban J connectivity index is 1.44. The second-order valence-electron chi connectivity index (χ2n) is 7.25. The highest BCUT2D eigenvalue weighted by atomic mass is 16.2. The molecule has 5 nitrogen and oxygen atoms in total. The standard InChI is InChI=1S/C22H29N3O2/c1-17(26)25(13-11-18-7-3-2-4-8-18)14-12-23-22(27)15-19-16-24-21-10-6-5-9-20(19)21/h5-7,9-10,16,24H,2-4,8,11-15H2,1H3,(H,23,27). The van der Waals surface area contributed by atoms with Gasteiger partial charge < -0.3 is 15.2 Å². The van der Waals surface area contributed by atoms with Crippen molar-refractivity contribution in [3.63, 3.8) is 0 Å². The molecule has 3 rings (SSSR count). The number of nitrogens with one attached hydrogen (secondary N) is 2. The summed E-state index contributed by atoms with van der Waals surface area (Å²) in [4.78, 5) is 29.2. The van der Waals surface area contributed by atoms with Crippen molar-refractivity contribution in [2.24, 2.45) is 0 Å². The fourth-order valence-electron chi connectivity index (χ4n) is 3.68. The van der Waals surface area contributed by atoms with E-state index in [1.54, 1.807) is 6.92 Å². The van der Waals surface area contributed by atoms with Gasteiger partial charge in [-0.1, -0.05) is 29.8 Å². The molecular weight excluding hydrogens is 338 g/mol. The highest BCUT2D eigenvalue weighted by Gasteiger charge is 2.12. The highest BCUT2D eigenvalue weighted by Crippen LogP contribution is 2.20. The number of nitrogens with zero attached hydrogens (tertiary/aromatic N) is 1. The van der Waals surface area contributed by atoms with Crippen LogP contribution in [0.4, 0.5) is 0 Å². The second-order valence-corrected chi connectivity index (χ2v) is 7.25. The molecule has 0 aliphatic heterocycles. The van der Waals surface area contributed by atoms with Gasteiger partial charge in [0.2, 0.25) is 11.8 Å². The van der Waals surface area contributed by atoms with Crippen molar-refractivity contribution in [2.75, 3.05) is 19.6 Å². The first-order chi connectivity index (χ1) is 13.1. The molecule has 0 fully saturated rings. The summed E-state index contributed by atoms with van der Waals surface area (Å²) in [6.45, 7) is 3.38. The number of carbonyl (C=O) groups excluding carboxylic acids is 2. The summed E-state index contributed by atoms with van der Waals surface area (Å²) in [5.74, 6) is 0.0514. The van der Waals surface area contributed by atoms with Crippen LogP contribution >= 0.6 is 0 Å². The Labute approximate surface area is 160 Å². The van der Waals surface area contributed by atoms with Crippen LogP contribution in [0.15, 0.2) is 42.1 Å². The normalized spacial score (nSPS) is 14.0. The minimum Gasteiger partial charge on any atom is -0.361 e. The van der Waals surface area contributed by atoms with Crippen molar-refractivity contribution in [3.05, 3.63) is 47.7 Å². The Hall–Kier alpha value is -2.56. The summed E-state index contributed by atoms with van der Waals surface area (Å²) in [6.07, 6.45) is 10.4. The molecule has 27 heavy (non-hydrogen) atoms. The van der Waals surface area contributed by atoms with Gasteiger partial charge in [-0.25, -0.2) is 0 Å². The summed E-state index contributed by atoms with van der Waals surface area (Å²) in [6, 6.07) is 7.97. The average Bonchev–Trinajstić information content (AvgIpc) is 3.08. The van der Waals surface area contributed by atoms with Gasteiger partial charge in [-0.3, -0.25) is 9.59 Å². The number of H-pyrrole nitrogens is 1. The van der Waals surface area contributed by atoms with E-state index in [4.69, 9.17) is 0 Å². The van der Waals surface area contributed by atoms with Crippen LogP contribution in [0, 0.1) is 0 Å². The van der Waals surface area contributed by atoms with Crippen LogP contribution < -0.4 is 5.32 Å². The zero-order valence-electron chi connectivity index (χ0n) is 16.1. The monoisotopic (exact) mass is 367 g/mol. The van der Waals surface area contributed by atoms with Gasteiger partial charge >= 0.3 is 0 Å². The SMILES string of the molecule is CC(=O)N(CCNC(=O)Cc1c[nH]c2ccccc12)CCC1=CCCCC1. The smallest absolute Gasteiger partial charge is 0.224 e. The van der Waals surface area contributed by atoms with Gasteiger partial charge in [0.1, 0.15) is 0 Å². The Morgan fingerprint density at radius 1 is 1.19 bits per heavy atom. The molecule has 144 valence electrons. The maximum atomic E-state index is 12.3. The van der Waals surface area contributed by atoms with E-state index in [0.29, 0.717) is 19.5 Å². The lowest BCUT2D eigenvalue weighted by Gasteiger charge is -2.23. The number of aromatic amines is 1. The molecule has 1 aromatic carbocycles. The third kappa shape index (κ3) is 5.46. The summed E-state index contributed by atoms with van der Waals surface area (Å²) in [5.41, 5.74) is 3.51. The molecule has 2 amide bonds. The number of aromatic nitrogens is 1. The predicted molar refractivity (Wildman–Crippen MR) is 108 cm³/mol. The molecule has 1 aliphatic carbocycles.